The van der Waals surface area contributed by atoms with E-state index in [4.69, 9.17) is 10.5 Å². The Kier molecular flexibility index (Phi) is 5.44. The van der Waals surface area contributed by atoms with Crippen molar-refractivity contribution in [3.05, 3.63) is 23.8 Å². The smallest absolute Gasteiger partial charge is 0.255 e. The SMILES string of the molecule is CCOc1c(N)cccc1C(=O)NCC1CCCC(O)C1. The lowest BCUT2D eigenvalue weighted by molar-refractivity contribution is 0.0871. The molecule has 5 heteroatoms. The van der Waals surface area contributed by atoms with Crippen molar-refractivity contribution in [2.75, 3.05) is 18.9 Å². The number of benzene rings is 1. The molecule has 0 saturated heterocycles. The van der Waals surface area contributed by atoms with Crippen LogP contribution >= 0.6 is 0 Å². The topological polar surface area (TPSA) is 84.6 Å². The predicted octanol–water partition coefficient (Wildman–Crippen LogP) is 1.95. The summed E-state index contributed by atoms with van der Waals surface area (Å²) in [5, 5.41) is 12.6. The van der Waals surface area contributed by atoms with Gasteiger partial charge in [-0.1, -0.05) is 12.5 Å². The van der Waals surface area contributed by atoms with E-state index in [-0.39, 0.29) is 12.0 Å². The second kappa shape index (κ2) is 7.31. The van der Waals surface area contributed by atoms with Gasteiger partial charge < -0.3 is 20.9 Å². The minimum absolute atomic E-state index is 0.175. The van der Waals surface area contributed by atoms with E-state index in [0.29, 0.717) is 36.1 Å². The minimum Gasteiger partial charge on any atom is -0.491 e. The highest BCUT2D eigenvalue weighted by Gasteiger charge is 2.21. The molecule has 0 radical (unpaired) electrons. The van der Waals surface area contributed by atoms with Gasteiger partial charge in [0.05, 0.1) is 24.0 Å². The standard InChI is InChI=1S/C16H24N2O3/c1-2-21-15-13(7-4-8-14(15)17)16(20)18-10-11-5-3-6-12(19)9-11/h4,7-8,11-12,19H,2-3,5-6,9-10,17H2,1H3,(H,18,20). The monoisotopic (exact) mass is 292 g/mol. The summed E-state index contributed by atoms with van der Waals surface area (Å²) in [6, 6.07) is 5.18. The molecule has 116 valence electrons. The molecule has 0 aliphatic heterocycles. The molecule has 1 aliphatic carbocycles. The molecule has 1 fully saturated rings. The van der Waals surface area contributed by atoms with E-state index in [0.717, 1.165) is 25.7 Å². The quantitative estimate of drug-likeness (QED) is 0.724. The number of rotatable bonds is 5. The predicted molar refractivity (Wildman–Crippen MR) is 82.3 cm³/mol. The van der Waals surface area contributed by atoms with Gasteiger partial charge in [0.15, 0.2) is 5.75 Å². The molecule has 0 heterocycles. The van der Waals surface area contributed by atoms with E-state index in [1.807, 2.05) is 6.92 Å². The van der Waals surface area contributed by atoms with Gasteiger partial charge in [-0.05, 0) is 44.2 Å². The summed E-state index contributed by atoms with van der Waals surface area (Å²) in [6.45, 7) is 2.90. The Bertz CT molecular complexity index is 490. The normalized spacial score (nSPS) is 21.8. The van der Waals surface area contributed by atoms with Crippen LogP contribution in [0.25, 0.3) is 0 Å². The van der Waals surface area contributed by atoms with Crippen LogP contribution in [0.2, 0.25) is 0 Å². The van der Waals surface area contributed by atoms with Crippen molar-refractivity contribution in [2.45, 2.75) is 38.7 Å². The van der Waals surface area contributed by atoms with Crippen LogP contribution in [-0.2, 0) is 0 Å². The van der Waals surface area contributed by atoms with Gasteiger partial charge in [-0.15, -0.1) is 0 Å². The Labute approximate surface area is 125 Å². The lowest BCUT2D eigenvalue weighted by atomic mass is 9.87. The average molecular weight is 292 g/mol. The highest BCUT2D eigenvalue weighted by molar-refractivity contribution is 5.98. The molecule has 0 bridgehead atoms. The second-order valence-corrected chi connectivity index (χ2v) is 5.55. The molecule has 2 unspecified atom stereocenters. The molecule has 5 nitrogen and oxygen atoms in total. The van der Waals surface area contributed by atoms with Gasteiger partial charge in [0.25, 0.3) is 5.91 Å². The summed E-state index contributed by atoms with van der Waals surface area (Å²) in [5.74, 6) is 0.612. The number of aliphatic hydroxyl groups is 1. The molecular weight excluding hydrogens is 268 g/mol. The molecule has 1 aliphatic rings. The number of nitrogens with two attached hydrogens (primary N) is 1. The van der Waals surface area contributed by atoms with Crippen molar-refractivity contribution in [3.8, 4) is 5.75 Å². The lowest BCUT2D eigenvalue weighted by Gasteiger charge is -2.26. The number of nitrogen functional groups attached to an aromatic ring is 1. The highest BCUT2D eigenvalue weighted by atomic mass is 16.5. The third-order valence-electron chi connectivity index (χ3n) is 3.89. The summed E-state index contributed by atoms with van der Waals surface area (Å²) in [5.41, 5.74) is 6.80. The van der Waals surface area contributed by atoms with Crippen LogP contribution in [0.4, 0.5) is 5.69 Å². The van der Waals surface area contributed by atoms with Crippen molar-refractivity contribution in [1.82, 2.24) is 5.32 Å². The molecule has 1 aromatic rings. The maximum atomic E-state index is 12.3. The molecule has 1 saturated carbocycles. The van der Waals surface area contributed by atoms with E-state index in [9.17, 15) is 9.90 Å². The van der Waals surface area contributed by atoms with E-state index >= 15 is 0 Å². The van der Waals surface area contributed by atoms with E-state index in [1.54, 1.807) is 18.2 Å². The zero-order chi connectivity index (χ0) is 15.2. The summed E-state index contributed by atoms with van der Waals surface area (Å²) in [4.78, 5) is 12.3. The Morgan fingerprint density at radius 2 is 2.29 bits per heavy atom. The number of ether oxygens (including phenoxy) is 1. The van der Waals surface area contributed by atoms with Gasteiger partial charge in [-0.25, -0.2) is 0 Å². The Balaban J connectivity index is 1.98. The van der Waals surface area contributed by atoms with Gasteiger partial charge in [0.1, 0.15) is 0 Å². The summed E-state index contributed by atoms with van der Waals surface area (Å²) in [7, 11) is 0. The first-order valence-electron chi connectivity index (χ1n) is 7.59. The minimum atomic E-state index is -0.230. The zero-order valence-electron chi connectivity index (χ0n) is 12.5. The van der Waals surface area contributed by atoms with Gasteiger partial charge >= 0.3 is 0 Å². The van der Waals surface area contributed by atoms with Crippen LogP contribution in [-0.4, -0.2) is 30.3 Å². The fourth-order valence-corrected chi connectivity index (χ4v) is 2.82. The largest absolute Gasteiger partial charge is 0.491 e. The molecule has 2 atom stereocenters. The van der Waals surface area contributed by atoms with Crippen molar-refractivity contribution in [1.29, 1.82) is 0 Å². The molecule has 1 aromatic carbocycles. The Morgan fingerprint density at radius 3 is 3.00 bits per heavy atom. The van der Waals surface area contributed by atoms with Gasteiger partial charge in [0.2, 0.25) is 0 Å². The Hall–Kier alpha value is -1.75. The van der Waals surface area contributed by atoms with Crippen molar-refractivity contribution >= 4 is 11.6 Å². The molecule has 4 N–H and O–H groups in total. The van der Waals surface area contributed by atoms with E-state index in [1.165, 1.54) is 0 Å². The van der Waals surface area contributed by atoms with E-state index < -0.39 is 0 Å². The molecule has 2 rings (SSSR count). The first kappa shape index (κ1) is 15.6. The first-order valence-corrected chi connectivity index (χ1v) is 7.59. The third kappa shape index (κ3) is 4.11. The fraction of sp³-hybridized carbons (Fsp3) is 0.562. The van der Waals surface area contributed by atoms with Crippen LogP contribution < -0.4 is 15.8 Å². The summed E-state index contributed by atoms with van der Waals surface area (Å²) >= 11 is 0. The second-order valence-electron chi connectivity index (χ2n) is 5.55. The number of anilines is 1. The molecule has 0 spiro atoms. The van der Waals surface area contributed by atoms with Crippen LogP contribution in [0.15, 0.2) is 18.2 Å². The number of hydrogen-bond donors (Lipinski definition) is 3. The summed E-state index contributed by atoms with van der Waals surface area (Å²) in [6.07, 6.45) is 3.47. The molecule has 1 amide bonds. The molecule has 21 heavy (non-hydrogen) atoms. The maximum absolute atomic E-state index is 12.3. The van der Waals surface area contributed by atoms with Gasteiger partial charge in [-0.3, -0.25) is 4.79 Å². The lowest BCUT2D eigenvalue weighted by Crippen LogP contribution is -2.33. The highest BCUT2D eigenvalue weighted by Crippen LogP contribution is 2.27. The van der Waals surface area contributed by atoms with E-state index in [2.05, 4.69) is 5.32 Å². The third-order valence-corrected chi connectivity index (χ3v) is 3.89. The number of aliphatic hydroxyl groups excluding tert-OH is 1. The molecular formula is C16H24N2O3. The first-order chi connectivity index (χ1) is 10.1. The van der Waals surface area contributed by atoms with Crippen LogP contribution in [0, 0.1) is 5.92 Å². The maximum Gasteiger partial charge on any atom is 0.255 e. The fourth-order valence-electron chi connectivity index (χ4n) is 2.82. The van der Waals surface area contributed by atoms with Crippen LogP contribution in [0.3, 0.4) is 0 Å². The summed E-state index contributed by atoms with van der Waals surface area (Å²) < 4.78 is 5.47. The van der Waals surface area contributed by atoms with Gasteiger partial charge in [0, 0.05) is 6.54 Å². The number of carbonyl (C=O) groups excluding carboxylic acids is 1. The van der Waals surface area contributed by atoms with Crippen LogP contribution in [0.1, 0.15) is 43.0 Å². The van der Waals surface area contributed by atoms with Gasteiger partial charge in [-0.2, -0.15) is 0 Å². The number of carbonyl (C=O) groups is 1. The average Bonchev–Trinajstić information content (AvgIpc) is 2.47. The van der Waals surface area contributed by atoms with Crippen molar-refractivity contribution in [2.24, 2.45) is 5.92 Å². The van der Waals surface area contributed by atoms with Crippen LogP contribution in [0.5, 0.6) is 5.75 Å². The number of nitrogens with one attached hydrogen (secondary N) is 1. The number of amides is 1. The number of hydrogen-bond acceptors (Lipinski definition) is 4. The number of para-hydroxylation sites is 1. The Morgan fingerprint density at radius 1 is 1.48 bits per heavy atom. The van der Waals surface area contributed by atoms with Crippen molar-refractivity contribution < 1.29 is 14.6 Å². The zero-order valence-corrected chi connectivity index (χ0v) is 12.5. The van der Waals surface area contributed by atoms with Crippen molar-refractivity contribution in [3.63, 3.8) is 0 Å². The molecule has 0 aromatic heterocycles.